The number of anilines is 1. The molecule has 44 heavy (non-hydrogen) atoms. The zero-order valence-electron chi connectivity index (χ0n) is 25.3. The van der Waals surface area contributed by atoms with Crippen LogP contribution in [0.1, 0.15) is 48.1 Å². The molecule has 0 spiro atoms. The number of thiazole rings is 1. The summed E-state index contributed by atoms with van der Waals surface area (Å²) < 4.78 is 18.8. The minimum Gasteiger partial charge on any atom is -0.493 e. The van der Waals surface area contributed by atoms with Crippen molar-refractivity contribution in [2.45, 2.75) is 32.7 Å². The first-order valence-electron chi connectivity index (χ1n) is 14.8. The van der Waals surface area contributed by atoms with Crippen LogP contribution in [-0.2, 0) is 9.53 Å². The lowest BCUT2D eigenvalue weighted by molar-refractivity contribution is -0.138. The Morgan fingerprint density at radius 2 is 1.75 bits per heavy atom. The van der Waals surface area contributed by atoms with Crippen molar-refractivity contribution in [2.24, 2.45) is 4.99 Å². The fourth-order valence-corrected chi connectivity index (χ4v) is 7.01. The third-order valence-corrected chi connectivity index (χ3v) is 9.05. The Morgan fingerprint density at radius 3 is 2.43 bits per heavy atom. The second kappa shape index (κ2) is 12.5. The lowest BCUT2D eigenvalue weighted by Crippen LogP contribution is -2.40. The fourth-order valence-electron chi connectivity index (χ4n) is 6.01. The van der Waals surface area contributed by atoms with E-state index in [-0.39, 0.29) is 17.7 Å². The largest absolute Gasteiger partial charge is 0.493 e. The van der Waals surface area contributed by atoms with Gasteiger partial charge in [0.2, 0.25) is 0 Å². The minimum absolute atomic E-state index is 0.181. The van der Waals surface area contributed by atoms with Crippen LogP contribution in [0.3, 0.4) is 0 Å². The highest BCUT2D eigenvalue weighted by molar-refractivity contribution is 7.07. The van der Waals surface area contributed by atoms with E-state index >= 15 is 0 Å². The molecule has 1 aromatic heterocycles. The Bertz CT molecular complexity index is 1920. The lowest BCUT2D eigenvalue weighted by Gasteiger charge is -2.26. The van der Waals surface area contributed by atoms with Crippen molar-refractivity contribution in [3.63, 3.8) is 0 Å². The van der Waals surface area contributed by atoms with E-state index in [1.165, 1.54) is 35.4 Å². The van der Waals surface area contributed by atoms with Crippen LogP contribution in [0.5, 0.6) is 11.5 Å². The van der Waals surface area contributed by atoms with Gasteiger partial charge in [-0.2, -0.15) is 0 Å². The molecule has 1 saturated heterocycles. The Kier molecular flexibility index (Phi) is 8.39. The van der Waals surface area contributed by atoms with Gasteiger partial charge in [0.05, 0.1) is 42.7 Å². The lowest BCUT2D eigenvalue weighted by atomic mass is 9.93. The van der Waals surface area contributed by atoms with E-state index in [1.807, 2.05) is 42.5 Å². The van der Waals surface area contributed by atoms with Crippen LogP contribution in [0, 0.1) is 6.92 Å². The minimum atomic E-state index is -0.804. The number of hydrogen-bond acceptors (Lipinski definition) is 8. The third kappa shape index (κ3) is 5.43. The highest BCUT2D eigenvalue weighted by atomic mass is 32.1. The summed E-state index contributed by atoms with van der Waals surface area (Å²) in [5.41, 5.74) is 5.31. The van der Waals surface area contributed by atoms with Crippen molar-refractivity contribution < 1.29 is 19.0 Å². The van der Waals surface area contributed by atoms with Crippen LogP contribution >= 0.6 is 11.3 Å². The molecule has 8 nitrogen and oxygen atoms in total. The predicted octanol–water partition coefficient (Wildman–Crippen LogP) is 4.86. The normalized spacial score (nSPS) is 16.5. The number of methoxy groups -OCH3 is 2. The molecule has 3 heterocycles. The Balaban J connectivity index is 1.57. The number of esters is 1. The van der Waals surface area contributed by atoms with Gasteiger partial charge in [0.15, 0.2) is 16.3 Å². The van der Waals surface area contributed by atoms with Gasteiger partial charge in [-0.15, -0.1) is 0 Å². The number of aromatic nitrogens is 1. The average Bonchev–Trinajstić information content (AvgIpc) is 3.68. The SMILES string of the molecule is CCOC(=O)C1=C(c2ccccc2)N=c2s/c(=C/c3ccc(N4CCCC4)c(C)c3)c(=O)n2[C@@H]1c1ccc(OC)c(OC)c1. The van der Waals surface area contributed by atoms with E-state index in [2.05, 4.69) is 30.0 Å². The molecule has 1 fully saturated rings. The quantitative estimate of drug-likeness (QED) is 0.266. The summed E-state index contributed by atoms with van der Waals surface area (Å²) in [6.45, 7) is 6.20. The number of carbonyl (C=O) groups is 1. The third-order valence-electron chi connectivity index (χ3n) is 8.06. The Labute approximate surface area is 260 Å². The predicted molar refractivity (Wildman–Crippen MR) is 173 cm³/mol. The highest BCUT2D eigenvalue weighted by Crippen LogP contribution is 2.38. The summed E-state index contributed by atoms with van der Waals surface area (Å²) in [6.07, 6.45) is 4.33. The molecule has 6 rings (SSSR count). The summed E-state index contributed by atoms with van der Waals surface area (Å²) in [6, 6.07) is 20.5. The molecule has 9 heteroatoms. The number of rotatable bonds is 8. The van der Waals surface area contributed by atoms with E-state index in [4.69, 9.17) is 19.2 Å². The van der Waals surface area contributed by atoms with Gasteiger partial charge in [0.25, 0.3) is 5.56 Å². The molecule has 0 unspecified atom stereocenters. The summed E-state index contributed by atoms with van der Waals surface area (Å²) in [5, 5.41) is 0. The average molecular weight is 610 g/mol. The Morgan fingerprint density at radius 1 is 1.00 bits per heavy atom. The number of fused-ring (bicyclic) bond motifs is 1. The van der Waals surface area contributed by atoms with Crippen molar-refractivity contribution in [1.29, 1.82) is 0 Å². The van der Waals surface area contributed by atoms with Gasteiger partial charge in [0.1, 0.15) is 0 Å². The molecular weight excluding hydrogens is 574 g/mol. The first kappa shape index (κ1) is 29.4. The van der Waals surface area contributed by atoms with Crippen molar-refractivity contribution in [1.82, 2.24) is 4.57 Å². The standard InChI is InChI=1S/C35H35N3O5S/c1-5-43-34(40)30-31(24-11-7-6-8-12-24)36-35-38(32(30)25-14-16-27(41-3)28(21-25)42-4)33(39)29(44-35)20-23-13-15-26(22(2)19-23)37-17-9-10-18-37/h6-8,11-16,19-21,32H,5,9-10,17-18H2,1-4H3/b29-20+/t32-/m1/s1. The van der Waals surface area contributed by atoms with E-state index in [9.17, 15) is 9.59 Å². The fraction of sp³-hybridized carbons (Fsp3) is 0.286. The van der Waals surface area contributed by atoms with Crippen molar-refractivity contribution in [2.75, 3.05) is 38.8 Å². The number of aryl methyl sites for hydroxylation is 1. The molecule has 0 N–H and O–H groups in total. The molecule has 4 aromatic rings. The van der Waals surface area contributed by atoms with Gasteiger partial charge in [-0.1, -0.05) is 53.8 Å². The molecule has 2 aliphatic heterocycles. The topological polar surface area (TPSA) is 82.4 Å². The molecule has 2 aliphatic rings. The van der Waals surface area contributed by atoms with E-state index in [1.54, 1.807) is 37.8 Å². The molecule has 0 aliphatic carbocycles. The summed E-state index contributed by atoms with van der Waals surface area (Å²) in [4.78, 5) is 35.8. The van der Waals surface area contributed by atoms with Crippen LogP contribution in [0.4, 0.5) is 5.69 Å². The second-order valence-electron chi connectivity index (χ2n) is 10.8. The van der Waals surface area contributed by atoms with E-state index < -0.39 is 12.0 Å². The van der Waals surface area contributed by atoms with Gasteiger partial charge in [-0.25, -0.2) is 9.79 Å². The van der Waals surface area contributed by atoms with Gasteiger partial charge in [0, 0.05) is 24.3 Å². The van der Waals surface area contributed by atoms with Gasteiger partial charge < -0.3 is 19.1 Å². The number of ether oxygens (including phenoxy) is 3. The van der Waals surface area contributed by atoms with Gasteiger partial charge in [-0.05, 0) is 73.7 Å². The maximum atomic E-state index is 14.3. The molecule has 3 aromatic carbocycles. The highest BCUT2D eigenvalue weighted by Gasteiger charge is 2.35. The maximum absolute atomic E-state index is 14.3. The van der Waals surface area contributed by atoms with Crippen LogP contribution in [0.15, 0.2) is 82.1 Å². The van der Waals surface area contributed by atoms with E-state index in [0.29, 0.717) is 32.1 Å². The zero-order valence-corrected chi connectivity index (χ0v) is 26.1. The summed E-state index contributed by atoms with van der Waals surface area (Å²) in [5.74, 6) is 0.501. The van der Waals surface area contributed by atoms with Crippen LogP contribution < -0.4 is 29.3 Å². The monoisotopic (exact) mass is 609 g/mol. The van der Waals surface area contributed by atoms with Crippen LogP contribution in [0.2, 0.25) is 0 Å². The van der Waals surface area contributed by atoms with Crippen molar-refractivity contribution in [3.8, 4) is 11.5 Å². The number of nitrogens with zero attached hydrogens (tertiary/aromatic N) is 3. The molecule has 226 valence electrons. The summed E-state index contributed by atoms with van der Waals surface area (Å²) in [7, 11) is 3.12. The molecule has 0 saturated carbocycles. The second-order valence-corrected chi connectivity index (χ2v) is 11.8. The molecule has 0 radical (unpaired) electrons. The van der Waals surface area contributed by atoms with Crippen molar-refractivity contribution in [3.05, 3.63) is 114 Å². The van der Waals surface area contributed by atoms with Gasteiger partial charge in [-0.3, -0.25) is 9.36 Å². The summed E-state index contributed by atoms with van der Waals surface area (Å²) >= 11 is 1.31. The van der Waals surface area contributed by atoms with E-state index in [0.717, 1.165) is 24.2 Å². The number of hydrogen-bond donors (Lipinski definition) is 0. The van der Waals surface area contributed by atoms with Crippen molar-refractivity contribution >= 4 is 34.8 Å². The first-order chi connectivity index (χ1) is 21.4. The number of benzene rings is 3. The van der Waals surface area contributed by atoms with Crippen LogP contribution in [-0.4, -0.2) is 44.5 Å². The zero-order chi connectivity index (χ0) is 30.8. The number of carbonyl (C=O) groups excluding carboxylic acids is 1. The maximum Gasteiger partial charge on any atom is 0.338 e. The first-order valence-corrected chi connectivity index (χ1v) is 15.6. The molecule has 0 amide bonds. The molecular formula is C35H35N3O5S. The molecule has 1 atom stereocenters. The smallest absolute Gasteiger partial charge is 0.338 e. The van der Waals surface area contributed by atoms with Crippen LogP contribution in [0.25, 0.3) is 11.8 Å². The Hall–Kier alpha value is -4.63. The molecule has 0 bridgehead atoms. The van der Waals surface area contributed by atoms with Gasteiger partial charge >= 0.3 is 5.97 Å².